The van der Waals surface area contributed by atoms with E-state index < -0.39 is 5.82 Å². The molecule has 35 heavy (non-hydrogen) atoms. The second kappa shape index (κ2) is 10.8. The number of carbonyl (C=O) groups excluding carboxylic acids is 1. The summed E-state index contributed by atoms with van der Waals surface area (Å²) in [6.07, 6.45) is 4.39. The number of ether oxygens (including phenoxy) is 2. The molecule has 0 spiro atoms. The third kappa shape index (κ3) is 5.64. The minimum absolute atomic E-state index is 0.0911. The number of rotatable bonds is 7. The van der Waals surface area contributed by atoms with Gasteiger partial charge in [0.05, 0.1) is 24.7 Å². The number of aryl methyl sites for hydroxylation is 1. The fourth-order valence-corrected chi connectivity index (χ4v) is 3.92. The Morgan fingerprint density at radius 1 is 1.17 bits per heavy atom. The minimum atomic E-state index is -0.548. The number of benzene rings is 2. The Hall–Kier alpha value is -4.25. The topological polar surface area (TPSA) is 75.7 Å². The van der Waals surface area contributed by atoms with Gasteiger partial charge in [-0.1, -0.05) is 12.0 Å². The predicted octanol–water partition coefficient (Wildman–Crippen LogP) is 5.11. The standard InChI is InChI=1S/C27H27FN4O3/c1-4-6-25(33)32-14-13-20(17-32)31-27-18(2)15-29-16-22(27)30-19-9-11-21(12-10-19)35-24-8-5-7-23(34-3)26(24)28/h5,7-12,15-16,20,30H,13-14,17H2,1-3H3,(H,29,31). The number of methoxy groups -OCH3 is 1. The monoisotopic (exact) mass is 474 g/mol. The van der Waals surface area contributed by atoms with Crippen molar-refractivity contribution in [3.8, 4) is 29.1 Å². The number of halogens is 1. The van der Waals surface area contributed by atoms with Gasteiger partial charge in [-0.15, -0.1) is 0 Å². The van der Waals surface area contributed by atoms with Crippen molar-refractivity contribution < 1.29 is 18.7 Å². The first-order valence-electron chi connectivity index (χ1n) is 11.3. The van der Waals surface area contributed by atoms with Crippen molar-refractivity contribution in [3.05, 3.63) is 66.2 Å². The predicted molar refractivity (Wildman–Crippen MR) is 134 cm³/mol. The van der Waals surface area contributed by atoms with Gasteiger partial charge in [-0.25, -0.2) is 0 Å². The number of nitrogens with zero attached hydrogens (tertiary/aromatic N) is 2. The zero-order valence-corrected chi connectivity index (χ0v) is 19.9. The van der Waals surface area contributed by atoms with Crippen LogP contribution in [0.4, 0.5) is 21.5 Å². The maximum atomic E-state index is 14.4. The molecule has 2 heterocycles. The van der Waals surface area contributed by atoms with Gasteiger partial charge in [0.2, 0.25) is 5.82 Å². The summed E-state index contributed by atoms with van der Waals surface area (Å²) in [6, 6.07) is 12.1. The zero-order chi connectivity index (χ0) is 24.8. The second-order valence-electron chi connectivity index (χ2n) is 8.16. The van der Waals surface area contributed by atoms with Crippen LogP contribution in [0.2, 0.25) is 0 Å². The molecule has 0 aliphatic carbocycles. The summed E-state index contributed by atoms with van der Waals surface area (Å²) in [6.45, 7) is 4.92. The van der Waals surface area contributed by atoms with Gasteiger partial charge in [0.1, 0.15) is 5.75 Å². The molecule has 4 rings (SSSR count). The normalized spacial score (nSPS) is 14.6. The lowest BCUT2D eigenvalue weighted by Gasteiger charge is -2.20. The van der Waals surface area contributed by atoms with Gasteiger partial charge in [0, 0.05) is 31.0 Å². The first-order chi connectivity index (χ1) is 17.0. The van der Waals surface area contributed by atoms with Gasteiger partial charge in [0.25, 0.3) is 5.91 Å². The van der Waals surface area contributed by atoms with Crippen molar-refractivity contribution >= 4 is 23.0 Å². The van der Waals surface area contributed by atoms with Crippen LogP contribution in [0.25, 0.3) is 0 Å². The number of hydrogen-bond acceptors (Lipinski definition) is 6. The van der Waals surface area contributed by atoms with E-state index in [2.05, 4.69) is 27.5 Å². The maximum Gasteiger partial charge on any atom is 0.298 e. The highest BCUT2D eigenvalue weighted by Crippen LogP contribution is 2.33. The average Bonchev–Trinajstić information content (AvgIpc) is 3.33. The highest BCUT2D eigenvalue weighted by molar-refractivity contribution is 5.93. The molecule has 8 heteroatoms. The molecule has 2 N–H and O–H groups in total. The van der Waals surface area contributed by atoms with E-state index in [0.29, 0.717) is 18.8 Å². The molecule has 1 aliphatic rings. The molecule has 180 valence electrons. The highest BCUT2D eigenvalue weighted by Gasteiger charge is 2.26. The molecule has 3 aromatic rings. The lowest BCUT2D eigenvalue weighted by molar-refractivity contribution is -0.124. The van der Waals surface area contributed by atoms with E-state index >= 15 is 0 Å². The number of hydrogen-bond donors (Lipinski definition) is 2. The number of carbonyl (C=O) groups is 1. The van der Waals surface area contributed by atoms with Crippen LogP contribution in [0.1, 0.15) is 18.9 Å². The molecule has 0 bridgehead atoms. The first-order valence-corrected chi connectivity index (χ1v) is 11.3. The number of amides is 1. The largest absolute Gasteiger partial charge is 0.494 e. The first kappa shape index (κ1) is 23.9. The number of likely N-dealkylation sites (tertiary alicyclic amines) is 1. The van der Waals surface area contributed by atoms with E-state index in [-0.39, 0.29) is 23.4 Å². The Kier molecular flexibility index (Phi) is 7.36. The lowest BCUT2D eigenvalue weighted by Crippen LogP contribution is -2.30. The van der Waals surface area contributed by atoms with Crippen LogP contribution in [-0.2, 0) is 4.79 Å². The second-order valence-corrected chi connectivity index (χ2v) is 8.16. The quantitative estimate of drug-likeness (QED) is 0.464. The number of pyridine rings is 1. The van der Waals surface area contributed by atoms with E-state index in [1.807, 2.05) is 19.1 Å². The Balaban J connectivity index is 1.45. The molecular formula is C27H27FN4O3. The lowest BCUT2D eigenvalue weighted by atomic mass is 10.1. The smallest absolute Gasteiger partial charge is 0.298 e. The molecule has 1 saturated heterocycles. The van der Waals surface area contributed by atoms with E-state index in [4.69, 9.17) is 9.47 Å². The van der Waals surface area contributed by atoms with Gasteiger partial charge in [-0.05, 0) is 68.2 Å². The maximum absolute atomic E-state index is 14.4. The summed E-state index contributed by atoms with van der Waals surface area (Å²) < 4.78 is 25.1. The van der Waals surface area contributed by atoms with Crippen LogP contribution in [-0.4, -0.2) is 42.0 Å². The Morgan fingerprint density at radius 2 is 1.94 bits per heavy atom. The van der Waals surface area contributed by atoms with Crippen LogP contribution in [0, 0.1) is 24.6 Å². The van der Waals surface area contributed by atoms with Crippen molar-refractivity contribution in [3.63, 3.8) is 0 Å². The molecule has 1 fully saturated rings. The van der Waals surface area contributed by atoms with E-state index in [9.17, 15) is 9.18 Å². The number of anilines is 3. The summed E-state index contributed by atoms with van der Waals surface area (Å²) in [5, 5.41) is 6.95. The summed E-state index contributed by atoms with van der Waals surface area (Å²) in [7, 11) is 1.41. The van der Waals surface area contributed by atoms with Crippen molar-refractivity contribution in [2.75, 3.05) is 30.8 Å². The minimum Gasteiger partial charge on any atom is -0.494 e. The van der Waals surface area contributed by atoms with Crippen LogP contribution in [0.15, 0.2) is 54.9 Å². The Bertz CT molecular complexity index is 1270. The molecule has 1 atom stereocenters. The number of nitrogens with one attached hydrogen (secondary N) is 2. The van der Waals surface area contributed by atoms with Gasteiger partial charge in [-0.2, -0.15) is 4.39 Å². The van der Waals surface area contributed by atoms with Crippen molar-refractivity contribution in [1.82, 2.24) is 9.88 Å². The Morgan fingerprint density at radius 3 is 2.69 bits per heavy atom. The SMILES string of the molecule is CC#CC(=O)N1CCC(Nc2c(C)cncc2Nc2ccc(Oc3cccc(OC)c3F)cc2)C1. The van der Waals surface area contributed by atoms with Gasteiger partial charge in [-0.3, -0.25) is 9.78 Å². The van der Waals surface area contributed by atoms with Crippen LogP contribution in [0.3, 0.4) is 0 Å². The molecule has 2 aromatic carbocycles. The zero-order valence-electron chi connectivity index (χ0n) is 19.9. The molecule has 0 radical (unpaired) electrons. The van der Waals surface area contributed by atoms with E-state index in [1.165, 1.54) is 13.2 Å². The van der Waals surface area contributed by atoms with Crippen LogP contribution < -0.4 is 20.1 Å². The Labute approximate surface area is 204 Å². The summed E-state index contributed by atoms with van der Waals surface area (Å²) >= 11 is 0. The third-order valence-corrected chi connectivity index (χ3v) is 5.70. The van der Waals surface area contributed by atoms with E-state index in [0.717, 1.165) is 29.0 Å². The van der Waals surface area contributed by atoms with Crippen LogP contribution >= 0.6 is 0 Å². The highest BCUT2D eigenvalue weighted by atomic mass is 19.1. The van der Waals surface area contributed by atoms with Crippen molar-refractivity contribution in [1.29, 1.82) is 0 Å². The molecular weight excluding hydrogens is 447 g/mol. The molecule has 1 amide bonds. The average molecular weight is 475 g/mol. The van der Waals surface area contributed by atoms with Crippen molar-refractivity contribution in [2.45, 2.75) is 26.3 Å². The van der Waals surface area contributed by atoms with E-state index in [1.54, 1.807) is 48.5 Å². The summed E-state index contributed by atoms with van der Waals surface area (Å²) in [5.74, 6) is 5.29. The van der Waals surface area contributed by atoms with Gasteiger partial charge >= 0.3 is 0 Å². The molecule has 1 unspecified atom stereocenters. The fraction of sp³-hybridized carbons (Fsp3) is 0.259. The summed E-state index contributed by atoms with van der Waals surface area (Å²) in [4.78, 5) is 18.2. The van der Waals surface area contributed by atoms with Crippen molar-refractivity contribution in [2.24, 2.45) is 0 Å². The summed E-state index contributed by atoms with van der Waals surface area (Å²) in [5.41, 5.74) is 3.55. The van der Waals surface area contributed by atoms with Crippen LogP contribution in [0.5, 0.6) is 17.2 Å². The number of aromatic nitrogens is 1. The third-order valence-electron chi connectivity index (χ3n) is 5.70. The molecule has 1 aromatic heterocycles. The van der Waals surface area contributed by atoms with Gasteiger partial charge in [0.15, 0.2) is 11.5 Å². The molecule has 1 aliphatic heterocycles. The van der Waals surface area contributed by atoms with Gasteiger partial charge < -0.3 is 25.0 Å². The molecule has 0 saturated carbocycles. The fourth-order valence-electron chi connectivity index (χ4n) is 3.92. The molecule has 7 nitrogen and oxygen atoms in total.